The van der Waals surface area contributed by atoms with E-state index in [0.29, 0.717) is 6.04 Å². The number of benzene rings is 1. The van der Waals surface area contributed by atoms with Crippen LogP contribution in [0.25, 0.3) is 0 Å². The Morgan fingerprint density at radius 3 is 2.21 bits per heavy atom. The summed E-state index contributed by atoms with van der Waals surface area (Å²) in [6.45, 7) is 9.35. The van der Waals surface area contributed by atoms with Crippen LogP contribution >= 0.6 is 0 Å². The number of hydrogen-bond donors (Lipinski definition) is 1. The van der Waals surface area contributed by atoms with Gasteiger partial charge in [-0.2, -0.15) is 0 Å². The first-order valence-electron chi connectivity index (χ1n) is 7.64. The zero-order chi connectivity index (χ0) is 13.1. The van der Waals surface area contributed by atoms with Crippen molar-refractivity contribution in [3.63, 3.8) is 0 Å². The Morgan fingerprint density at radius 1 is 0.947 bits per heavy atom. The van der Waals surface area contributed by atoms with E-state index < -0.39 is 0 Å². The molecule has 2 fully saturated rings. The zero-order valence-electron chi connectivity index (χ0n) is 11.9. The van der Waals surface area contributed by atoms with E-state index >= 15 is 0 Å². The quantitative estimate of drug-likeness (QED) is 0.898. The highest BCUT2D eigenvalue weighted by Gasteiger charge is 2.18. The van der Waals surface area contributed by atoms with E-state index in [4.69, 9.17) is 0 Å². The van der Waals surface area contributed by atoms with Gasteiger partial charge in [0.25, 0.3) is 0 Å². The molecule has 2 aliphatic heterocycles. The topological polar surface area (TPSA) is 18.5 Å². The number of nitrogens with one attached hydrogen (secondary N) is 1. The molecule has 1 aromatic carbocycles. The molecule has 0 spiro atoms. The van der Waals surface area contributed by atoms with Gasteiger partial charge < -0.3 is 10.2 Å². The molecule has 3 nitrogen and oxygen atoms in total. The maximum Gasteiger partial charge on any atom is 0.0366 e. The molecule has 19 heavy (non-hydrogen) atoms. The molecular weight excluding hydrogens is 234 g/mol. The second kappa shape index (κ2) is 5.93. The van der Waals surface area contributed by atoms with Crippen LogP contribution in [0.3, 0.4) is 0 Å². The Hall–Kier alpha value is -1.06. The summed E-state index contributed by atoms with van der Waals surface area (Å²) < 4.78 is 0. The monoisotopic (exact) mass is 259 g/mol. The summed E-state index contributed by atoms with van der Waals surface area (Å²) >= 11 is 0. The average molecular weight is 259 g/mol. The molecule has 0 aromatic heterocycles. The van der Waals surface area contributed by atoms with Crippen LogP contribution < -0.4 is 10.2 Å². The predicted octanol–water partition coefficient (Wildman–Crippen LogP) is 2.25. The molecule has 2 saturated heterocycles. The fourth-order valence-corrected chi connectivity index (χ4v) is 3.22. The van der Waals surface area contributed by atoms with Gasteiger partial charge in [-0.1, -0.05) is 12.1 Å². The Balaban J connectivity index is 1.67. The molecule has 2 heterocycles. The molecular formula is C16H25N3. The minimum absolute atomic E-state index is 0.537. The van der Waals surface area contributed by atoms with Gasteiger partial charge in [0.1, 0.15) is 0 Å². The molecule has 104 valence electrons. The van der Waals surface area contributed by atoms with E-state index in [-0.39, 0.29) is 0 Å². The zero-order valence-corrected chi connectivity index (χ0v) is 11.9. The highest BCUT2D eigenvalue weighted by molar-refractivity contribution is 5.48. The normalized spacial score (nSPS) is 22.7. The number of hydrogen-bond acceptors (Lipinski definition) is 3. The van der Waals surface area contributed by atoms with Crippen molar-refractivity contribution < 1.29 is 0 Å². The Morgan fingerprint density at radius 2 is 1.58 bits per heavy atom. The van der Waals surface area contributed by atoms with E-state index in [0.717, 1.165) is 26.2 Å². The summed E-state index contributed by atoms with van der Waals surface area (Å²) in [6, 6.07) is 9.79. The van der Waals surface area contributed by atoms with E-state index in [1.807, 2.05) is 0 Å². The summed E-state index contributed by atoms with van der Waals surface area (Å²) in [5.74, 6) is 0. The lowest BCUT2D eigenvalue weighted by molar-refractivity contribution is 0.185. The minimum Gasteiger partial charge on any atom is -0.372 e. The van der Waals surface area contributed by atoms with Gasteiger partial charge in [-0.25, -0.2) is 0 Å². The van der Waals surface area contributed by atoms with Crippen LogP contribution in [0.15, 0.2) is 24.3 Å². The SMILES string of the molecule is C[C@@H](c1ccc(N2CCCC2)cc1)N1CCNCC1. The standard InChI is InChI=1S/C16H25N3/c1-14(18-12-8-17-9-13-18)15-4-6-16(7-5-15)19-10-2-3-11-19/h4-7,14,17H,2-3,8-13H2,1H3/t14-/m0/s1. The van der Waals surface area contributed by atoms with Crippen LogP contribution in [0.2, 0.25) is 0 Å². The van der Waals surface area contributed by atoms with Gasteiger partial charge in [0.05, 0.1) is 0 Å². The second-order valence-electron chi connectivity index (χ2n) is 5.75. The second-order valence-corrected chi connectivity index (χ2v) is 5.75. The molecule has 0 aliphatic carbocycles. The van der Waals surface area contributed by atoms with E-state index in [1.165, 1.54) is 37.2 Å². The largest absolute Gasteiger partial charge is 0.372 e. The maximum atomic E-state index is 3.42. The maximum absolute atomic E-state index is 3.42. The molecule has 0 unspecified atom stereocenters. The van der Waals surface area contributed by atoms with Crippen molar-refractivity contribution in [1.82, 2.24) is 10.2 Å². The lowest BCUT2D eigenvalue weighted by Crippen LogP contribution is -2.44. The first-order chi connectivity index (χ1) is 9.34. The van der Waals surface area contributed by atoms with Crippen molar-refractivity contribution in [3.05, 3.63) is 29.8 Å². The van der Waals surface area contributed by atoms with E-state index in [2.05, 4.69) is 46.3 Å². The van der Waals surface area contributed by atoms with Gasteiger partial charge in [0.15, 0.2) is 0 Å². The smallest absolute Gasteiger partial charge is 0.0366 e. The van der Waals surface area contributed by atoms with Crippen LogP contribution in [0, 0.1) is 0 Å². The third-order valence-electron chi connectivity index (χ3n) is 4.55. The minimum atomic E-state index is 0.537. The number of rotatable bonds is 3. The van der Waals surface area contributed by atoms with Crippen LogP contribution in [0.1, 0.15) is 31.4 Å². The molecule has 3 rings (SSSR count). The van der Waals surface area contributed by atoms with Gasteiger partial charge in [0, 0.05) is 51.0 Å². The van der Waals surface area contributed by atoms with Crippen molar-refractivity contribution in [2.24, 2.45) is 0 Å². The van der Waals surface area contributed by atoms with Crippen LogP contribution in [-0.2, 0) is 0 Å². The van der Waals surface area contributed by atoms with Crippen LogP contribution in [-0.4, -0.2) is 44.2 Å². The summed E-state index contributed by atoms with van der Waals surface area (Å²) in [5.41, 5.74) is 2.85. The van der Waals surface area contributed by atoms with Crippen LogP contribution in [0.4, 0.5) is 5.69 Å². The highest BCUT2D eigenvalue weighted by atomic mass is 15.2. The average Bonchev–Trinajstić information content (AvgIpc) is 3.02. The Kier molecular flexibility index (Phi) is 4.04. The molecule has 0 amide bonds. The lowest BCUT2D eigenvalue weighted by Gasteiger charge is -2.33. The number of piperazine rings is 1. The first-order valence-corrected chi connectivity index (χ1v) is 7.64. The van der Waals surface area contributed by atoms with Crippen LogP contribution in [0.5, 0.6) is 0 Å². The molecule has 0 saturated carbocycles. The van der Waals surface area contributed by atoms with E-state index in [9.17, 15) is 0 Å². The van der Waals surface area contributed by atoms with Crippen molar-refractivity contribution in [2.75, 3.05) is 44.2 Å². The third-order valence-corrected chi connectivity index (χ3v) is 4.55. The van der Waals surface area contributed by atoms with Gasteiger partial charge in [-0.15, -0.1) is 0 Å². The Bertz CT molecular complexity index is 389. The fraction of sp³-hybridized carbons (Fsp3) is 0.625. The third kappa shape index (κ3) is 2.93. The summed E-state index contributed by atoms with van der Waals surface area (Å²) in [5, 5.41) is 3.42. The fourth-order valence-electron chi connectivity index (χ4n) is 3.22. The van der Waals surface area contributed by atoms with Crippen molar-refractivity contribution in [3.8, 4) is 0 Å². The molecule has 0 bridgehead atoms. The number of anilines is 1. The van der Waals surface area contributed by atoms with Gasteiger partial charge in [-0.05, 0) is 37.5 Å². The molecule has 2 aliphatic rings. The molecule has 0 radical (unpaired) electrons. The molecule has 1 atom stereocenters. The Labute approximate surface area is 116 Å². The first kappa shape index (κ1) is 12.9. The van der Waals surface area contributed by atoms with Crippen molar-refractivity contribution in [1.29, 1.82) is 0 Å². The van der Waals surface area contributed by atoms with Crippen molar-refractivity contribution >= 4 is 5.69 Å². The summed E-state index contributed by atoms with van der Waals surface area (Å²) in [6.07, 6.45) is 2.69. The number of nitrogens with zero attached hydrogens (tertiary/aromatic N) is 2. The molecule has 1 aromatic rings. The summed E-state index contributed by atoms with van der Waals surface area (Å²) in [7, 11) is 0. The lowest BCUT2D eigenvalue weighted by atomic mass is 10.1. The van der Waals surface area contributed by atoms with Gasteiger partial charge in [-0.3, -0.25) is 4.90 Å². The molecule has 1 N–H and O–H groups in total. The van der Waals surface area contributed by atoms with Crippen molar-refractivity contribution in [2.45, 2.75) is 25.8 Å². The van der Waals surface area contributed by atoms with Gasteiger partial charge in [0.2, 0.25) is 0 Å². The molecule has 3 heteroatoms. The highest BCUT2D eigenvalue weighted by Crippen LogP contribution is 2.25. The van der Waals surface area contributed by atoms with E-state index in [1.54, 1.807) is 0 Å². The summed E-state index contributed by atoms with van der Waals surface area (Å²) in [4.78, 5) is 5.07. The predicted molar refractivity (Wildman–Crippen MR) is 80.7 cm³/mol. The van der Waals surface area contributed by atoms with Gasteiger partial charge >= 0.3 is 0 Å².